The zero-order valence-corrected chi connectivity index (χ0v) is 11.9. The highest BCUT2D eigenvalue weighted by molar-refractivity contribution is 5.36. The van der Waals surface area contributed by atoms with Gasteiger partial charge >= 0.3 is 6.01 Å². The van der Waals surface area contributed by atoms with E-state index >= 15 is 0 Å². The number of hydrogen-bond acceptors (Lipinski definition) is 7. The molecule has 0 spiro atoms. The number of ether oxygens (including phenoxy) is 1. The van der Waals surface area contributed by atoms with E-state index in [4.69, 9.17) is 10.5 Å². The topological polar surface area (TPSA) is 106 Å². The van der Waals surface area contributed by atoms with E-state index in [1.54, 1.807) is 0 Å². The monoisotopic (exact) mass is 281 g/mol. The molecule has 7 nitrogen and oxygen atoms in total. The van der Waals surface area contributed by atoms with Gasteiger partial charge in [-0.2, -0.15) is 15.0 Å². The molecule has 0 radical (unpaired) electrons. The van der Waals surface area contributed by atoms with Crippen molar-refractivity contribution >= 4 is 11.9 Å². The van der Waals surface area contributed by atoms with Crippen LogP contribution in [0.4, 0.5) is 11.9 Å². The molecule has 0 bridgehead atoms. The second-order valence-corrected chi connectivity index (χ2v) is 5.27. The van der Waals surface area contributed by atoms with Gasteiger partial charge in [-0.1, -0.05) is 26.2 Å². The third-order valence-electron chi connectivity index (χ3n) is 3.56. The number of aliphatic hydroxyl groups is 1. The predicted octanol–water partition coefficient (Wildman–Crippen LogP) is 1.35. The molecule has 20 heavy (non-hydrogen) atoms. The summed E-state index contributed by atoms with van der Waals surface area (Å²) in [4.78, 5) is 12.2. The van der Waals surface area contributed by atoms with Gasteiger partial charge in [0.2, 0.25) is 11.9 Å². The van der Waals surface area contributed by atoms with Crippen molar-refractivity contribution in [2.75, 3.05) is 24.3 Å². The van der Waals surface area contributed by atoms with Gasteiger partial charge in [0.05, 0.1) is 18.8 Å². The summed E-state index contributed by atoms with van der Waals surface area (Å²) in [5.74, 6) is 0.497. The summed E-state index contributed by atoms with van der Waals surface area (Å²) in [6, 6.07) is 0.228. The van der Waals surface area contributed by atoms with Crippen molar-refractivity contribution < 1.29 is 9.84 Å². The van der Waals surface area contributed by atoms with Crippen LogP contribution in [-0.4, -0.2) is 38.8 Å². The van der Waals surface area contributed by atoms with Crippen LogP contribution in [0.2, 0.25) is 0 Å². The van der Waals surface area contributed by atoms with Gasteiger partial charge in [-0.15, -0.1) is 0 Å². The summed E-state index contributed by atoms with van der Waals surface area (Å²) >= 11 is 0. The molecule has 0 aliphatic heterocycles. The maximum Gasteiger partial charge on any atom is 0.323 e. The Bertz CT molecular complexity index is 435. The Hall–Kier alpha value is -1.63. The maximum absolute atomic E-state index is 9.69. The van der Waals surface area contributed by atoms with Crippen molar-refractivity contribution in [3.8, 4) is 6.01 Å². The molecule has 1 aliphatic rings. The van der Waals surface area contributed by atoms with Gasteiger partial charge < -0.3 is 20.9 Å². The Kier molecular flexibility index (Phi) is 4.94. The fraction of sp³-hybridized carbons (Fsp3) is 0.769. The molecule has 4 N–H and O–H groups in total. The summed E-state index contributed by atoms with van der Waals surface area (Å²) in [6.45, 7) is 2.60. The molecule has 0 atom stereocenters. The number of hydrogen-bond donors (Lipinski definition) is 3. The smallest absolute Gasteiger partial charge is 0.323 e. The number of rotatable bonds is 6. The molecule has 1 heterocycles. The molecule has 7 heteroatoms. The Morgan fingerprint density at radius 2 is 2.00 bits per heavy atom. The van der Waals surface area contributed by atoms with Gasteiger partial charge in [-0.05, 0) is 19.3 Å². The molecule has 1 aliphatic carbocycles. The third-order valence-corrected chi connectivity index (χ3v) is 3.56. The number of nitrogens with zero attached hydrogens (tertiary/aromatic N) is 3. The Balaban J connectivity index is 2.12. The first-order valence-corrected chi connectivity index (χ1v) is 7.21. The summed E-state index contributed by atoms with van der Waals surface area (Å²) in [5.41, 5.74) is 5.32. The molecular formula is C13H23N5O2. The molecule has 0 amide bonds. The largest absolute Gasteiger partial charge is 0.463 e. The van der Waals surface area contributed by atoms with Crippen LogP contribution in [0, 0.1) is 0 Å². The van der Waals surface area contributed by atoms with E-state index in [1.165, 1.54) is 6.42 Å². The van der Waals surface area contributed by atoms with Crippen LogP contribution in [0.25, 0.3) is 0 Å². The summed E-state index contributed by atoms with van der Waals surface area (Å²) < 4.78 is 5.39. The van der Waals surface area contributed by atoms with E-state index in [2.05, 4.69) is 20.3 Å². The highest BCUT2D eigenvalue weighted by Crippen LogP contribution is 2.30. The minimum Gasteiger partial charge on any atom is -0.463 e. The van der Waals surface area contributed by atoms with Gasteiger partial charge in [0.1, 0.15) is 0 Å². The van der Waals surface area contributed by atoms with Gasteiger partial charge in [0.15, 0.2) is 0 Å². The third kappa shape index (κ3) is 3.69. The molecule has 0 saturated heterocycles. The Labute approximate surface area is 119 Å². The molecule has 0 aromatic carbocycles. The van der Waals surface area contributed by atoms with Crippen LogP contribution in [0.15, 0.2) is 0 Å². The average molecular weight is 281 g/mol. The second kappa shape index (κ2) is 6.69. The van der Waals surface area contributed by atoms with E-state index in [1.807, 2.05) is 6.92 Å². The molecule has 1 aromatic rings. The van der Waals surface area contributed by atoms with Crippen molar-refractivity contribution in [1.29, 1.82) is 0 Å². The lowest BCUT2D eigenvalue weighted by Crippen LogP contribution is -2.44. The Morgan fingerprint density at radius 3 is 2.65 bits per heavy atom. The lowest BCUT2D eigenvalue weighted by atomic mass is 9.82. The van der Waals surface area contributed by atoms with Crippen molar-refractivity contribution in [2.24, 2.45) is 0 Å². The molecule has 1 aromatic heterocycles. The van der Waals surface area contributed by atoms with E-state index < -0.39 is 0 Å². The SMILES string of the molecule is CCCOc1nc(N)nc(NC2(CO)CCCCC2)n1. The van der Waals surface area contributed by atoms with Crippen molar-refractivity contribution in [1.82, 2.24) is 15.0 Å². The van der Waals surface area contributed by atoms with Crippen LogP contribution >= 0.6 is 0 Å². The van der Waals surface area contributed by atoms with Gasteiger partial charge in [-0.3, -0.25) is 0 Å². The molecule has 1 fully saturated rings. The quantitative estimate of drug-likeness (QED) is 0.722. The predicted molar refractivity (Wildman–Crippen MR) is 76.5 cm³/mol. The van der Waals surface area contributed by atoms with E-state index in [-0.39, 0.29) is 24.1 Å². The number of anilines is 2. The number of nitrogens with two attached hydrogens (primary N) is 1. The van der Waals surface area contributed by atoms with Gasteiger partial charge in [0.25, 0.3) is 0 Å². The summed E-state index contributed by atoms with van der Waals surface area (Å²) in [7, 11) is 0. The average Bonchev–Trinajstić information content (AvgIpc) is 2.45. The normalized spacial score (nSPS) is 17.7. The fourth-order valence-electron chi connectivity index (χ4n) is 2.47. The van der Waals surface area contributed by atoms with Crippen LogP contribution in [0.1, 0.15) is 45.4 Å². The second-order valence-electron chi connectivity index (χ2n) is 5.27. The van der Waals surface area contributed by atoms with Crippen molar-refractivity contribution in [3.05, 3.63) is 0 Å². The van der Waals surface area contributed by atoms with Crippen LogP contribution in [0.3, 0.4) is 0 Å². The number of nitrogens with one attached hydrogen (secondary N) is 1. The number of aromatic nitrogens is 3. The van der Waals surface area contributed by atoms with E-state index in [0.29, 0.717) is 12.6 Å². The summed E-state index contributed by atoms with van der Waals surface area (Å²) in [5, 5.41) is 12.9. The minimum absolute atomic E-state index is 0.0593. The van der Waals surface area contributed by atoms with Crippen LogP contribution in [0.5, 0.6) is 6.01 Å². The first kappa shape index (κ1) is 14.8. The fourth-order valence-corrected chi connectivity index (χ4v) is 2.47. The van der Waals surface area contributed by atoms with Gasteiger partial charge in [-0.25, -0.2) is 0 Å². The molecule has 2 rings (SSSR count). The van der Waals surface area contributed by atoms with Crippen molar-refractivity contribution in [3.63, 3.8) is 0 Å². The van der Waals surface area contributed by atoms with Crippen LogP contribution < -0.4 is 15.8 Å². The van der Waals surface area contributed by atoms with Crippen molar-refractivity contribution in [2.45, 2.75) is 51.0 Å². The van der Waals surface area contributed by atoms with E-state index in [0.717, 1.165) is 32.1 Å². The van der Waals surface area contributed by atoms with Gasteiger partial charge in [0, 0.05) is 0 Å². The lowest BCUT2D eigenvalue weighted by molar-refractivity contribution is 0.172. The standard InChI is InChI=1S/C13H23N5O2/c1-2-8-20-12-16-10(14)15-11(17-12)18-13(9-19)6-4-3-5-7-13/h19H,2-9H2,1H3,(H3,14,15,16,17,18). The Morgan fingerprint density at radius 1 is 1.25 bits per heavy atom. The molecule has 1 saturated carbocycles. The molecular weight excluding hydrogens is 258 g/mol. The zero-order chi connectivity index (χ0) is 14.4. The van der Waals surface area contributed by atoms with E-state index in [9.17, 15) is 5.11 Å². The first-order chi connectivity index (χ1) is 9.67. The minimum atomic E-state index is -0.353. The van der Waals surface area contributed by atoms with Crippen LogP contribution in [-0.2, 0) is 0 Å². The first-order valence-electron chi connectivity index (χ1n) is 7.21. The lowest BCUT2D eigenvalue weighted by Gasteiger charge is -2.36. The summed E-state index contributed by atoms with van der Waals surface area (Å²) in [6.07, 6.45) is 6.06. The molecule has 112 valence electrons. The highest BCUT2D eigenvalue weighted by Gasteiger charge is 2.32. The number of nitrogen functional groups attached to an aromatic ring is 1. The maximum atomic E-state index is 9.69. The zero-order valence-electron chi connectivity index (χ0n) is 11.9. The number of aliphatic hydroxyl groups excluding tert-OH is 1. The molecule has 0 unspecified atom stereocenters. The highest BCUT2D eigenvalue weighted by atomic mass is 16.5.